The van der Waals surface area contributed by atoms with Gasteiger partial charge >= 0.3 is 0 Å². The second-order valence-electron chi connectivity index (χ2n) is 12.6. The molecular formula is C34H48ClN3O2. The van der Waals surface area contributed by atoms with Gasteiger partial charge in [-0.15, -0.1) is 0 Å². The van der Waals surface area contributed by atoms with E-state index in [2.05, 4.69) is 32.9 Å². The van der Waals surface area contributed by atoms with Crippen LogP contribution in [0.2, 0.25) is 5.02 Å². The summed E-state index contributed by atoms with van der Waals surface area (Å²) in [7, 11) is 0. The minimum absolute atomic E-state index is 0.0675. The van der Waals surface area contributed by atoms with Gasteiger partial charge in [0.2, 0.25) is 5.91 Å². The van der Waals surface area contributed by atoms with Gasteiger partial charge in [0.05, 0.1) is 12.5 Å². The molecule has 6 heteroatoms. The van der Waals surface area contributed by atoms with Crippen molar-refractivity contribution in [2.24, 2.45) is 0 Å². The third-order valence-corrected chi connectivity index (χ3v) is 9.63. The summed E-state index contributed by atoms with van der Waals surface area (Å²) in [6.45, 7) is 11.4. The lowest BCUT2D eigenvalue weighted by Crippen LogP contribution is -2.53. The topological polar surface area (TPSA) is 36.0 Å². The Bertz CT molecular complexity index is 1110. The maximum Gasteiger partial charge on any atom is 0.227 e. The Kier molecular flexibility index (Phi) is 10.1. The van der Waals surface area contributed by atoms with Crippen molar-refractivity contribution in [2.45, 2.75) is 89.2 Å². The number of halogens is 1. The maximum absolute atomic E-state index is 13.6. The number of amides is 1. The van der Waals surface area contributed by atoms with E-state index in [0.717, 1.165) is 74.4 Å². The maximum atomic E-state index is 13.6. The molecule has 5 nitrogen and oxygen atoms in total. The first-order chi connectivity index (χ1) is 19.4. The molecule has 1 amide bonds. The Balaban J connectivity index is 1.24. The Morgan fingerprint density at radius 2 is 1.75 bits per heavy atom. The molecule has 5 rings (SSSR count). The van der Waals surface area contributed by atoms with E-state index >= 15 is 0 Å². The SMILES string of the molecule is CC(C)Oc1cccc(CC(=O)N2CCCC(CCN3CCN(C4CCCCC4)CC3)(c3cccc(Cl)c3)C2)c1. The molecule has 1 atom stereocenters. The number of carbonyl (C=O) groups excluding carboxylic acids is 1. The molecule has 0 bridgehead atoms. The van der Waals surface area contributed by atoms with Crippen molar-refractivity contribution in [1.82, 2.24) is 14.7 Å². The first-order valence-corrected chi connectivity index (χ1v) is 16.0. The quantitative estimate of drug-likeness (QED) is 0.344. The summed E-state index contributed by atoms with van der Waals surface area (Å²) in [4.78, 5) is 21.1. The molecule has 0 aromatic heterocycles. The van der Waals surface area contributed by atoms with Crippen LogP contribution in [0.1, 0.15) is 76.3 Å². The van der Waals surface area contributed by atoms with Crippen LogP contribution in [-0.4, -0.2) is 78.6 Å². The van der Waals surface area contributed by atoms with Crippen molar-refractivity contribution in [2.75, 3.05) is 45.8 Å². The van der Waals surface area contributed by atoms with Crippen LogP contribution in [0.4, 0.5) is 0 Å². The molecule has 2 heterocycles. The number of piperazine rings is 1. The van der Waals surface area contributed by atoms with Gasteiger partial charge in [-0.3, -0.25) is 9.69 Å². The zero-order chi connectivity index (χ0) is 28.0. The monoisotopic (exact) mass is 565 g/mol. The zero-order valence-electron chi connectivity index (χ0n) is 24.6. The van der Waals surface area contributed by atoms with Crippen molar-refractivity contribution < 1.29 is 9.53 Å². The van der Waals surface area contributed by atoms with Gasteiger partial charge in [-0.25, -0.2) is 0 Å². The van der Waals surface area contributed by atoms with Crippen molar-refractivity contribution in [3.8, 4) is 5.75 Å². The number of piperidine rings is 1. The predicted molar refractivity (Wildman–Crippen MR) is 164 cm³/mol. The Labute approximate surface area is 246 Å². The molecule has 0 radical (unpaired) electrons. The number of ether oxygens (including phenoxy) is 1. The molecule has 2 aromatic rings. The number of nitrogens with zero attached hydrogens (tertiary/aromatic N) is 3. The molecular weight excluding hydrogens is 518 g/mol. The zero-order valence-corrected chi connectivity index (χ0v) is 25.4. The Morgan fingerprint density at radius 1 is 0.975 bits per heavy atom. The summed E-state index contributed by atoms with van der Waals surface area (Å²) in [5.74, 6) is 1.03. The smallest absolute Gasteiger partial charge is 0.227 e. The standard InChI is InChI=1S/C34H48ClN3O2/c1-27(2)40-32-14-6-9-28(23-32)24-33(39)38-17-8-15-34(26-38,29-10-7-11-30(35)25-29)16-18-36-19-21-37(22-20-36)31-12-4-3-5-13-31/h6-7,9-11,14,23,25,27,31H,3-5,8,12-13,15-22,24,26H2,1-2H3. The summed E-state index contributed by atoms with van der Waals surface area (Å²) < 4.78 is 5.87. The van der Waals surface area contributed by atoms with Crippen LogP contribution in [-0.2, 0) is 16.6 Å². The summed E-state index contributed by atoms with van der Waals surface area (Å²) in [6.07, 6.45) is 10.7. The van der Waals surface area contributed by atoms with Crippen LogP contribution >= 0.6 is 11.6 Å². The Hall–Kier alpha value is -2.08. The van der Waals surface area contributed by atoms with Crippen LogP contribution in [0.15, 0.2) is 48.5 Å². The molecule has 1 unspecified atom stereocenters. The van der Waals surface area contributed by atoms with Crippen molar-refractivity contribution in [3.63, 3.8) is 0 Å². The lowest BCUT2D eigenvalue weighted by atomic mass is 9.71. The molecule has 218 valence electrons. The summed E-state index contributed by atoms with van der Waals surface area (Å²) in [6, 6.07) is 17.2. The summed E-state index contributed by atoms with van der Waals surface area (Å²) >= 11 is 6.51. The predicted octanol–water partition coefficient (Wildman–Crippen LogP) is 6.57. The van der Waals surface area contributed by atoms with Gasteiger partial charge in [-0.05, 0) is 87.9 Å². The highest BCUT2D eigenvalue weighted by molar-refractivity contribution is 6.30. The molecule has 40 heavy (non-hydrogen) atoms. The van der Waals surface area contributed by atoms with E-state index < -0.39 is 0 Å². The number of carbonyl (C=O) groups is 1. The average Bonchev–Trinajstić information content (AvgIpc) is 2.97. The average molecular weight is 566 g/mol. The largest absolute Gasteiger partial charge is 0.491 e. The fourth-order valence-electron chi connectivity index (χ4n) is 7.20. The van der Waals surface area contributed by atoms with Gasteiger partial charge in [-0.1, -0.05) is 55.1 Å². The van der Waals surface area contributed by atoms with Gasteiger partial charge in [0.15, 0.2) is 0 Å². The van der Waals surface area contributed by atoms with Crippen LogP contribution in [0.25, 0.3) is 0 Å². The highest BCUT2D eigenvalue weighted by Gasteiger charge is 2.39. The summed E-state index contributed by atoms with van der Waals surface area (Å²) in [5.41, 5.74) is 2.23. The number of benzene rings is 2. The van der Waals surface area contributed by atoms with E-state index in [1.54, 1.807) is 0 Å². The fraction of sp³-hybridized carbons (Fsp3) is 0.618. The van der Waals surface area contributed by atoms with Gasteiger partial charge in [0, 0.05) is 55.7 Å². The van der Waals surface area contributed by atoms with Crippen molar-refractivity contribution in [1.29, 1.82) is 0 Å². The van der Waals surface area contributed by atoms with E-state index in [9.17, 15) is 4.79 Å². The van der Waals surface area contributed by atoms with Gasteiger partial charge < -0.3 is 14.5 Å². The number of likely N-dealkylation sites (tertiary alicyclic amines) is 1. The second kappa shape index (κ2) is 13.7. The lowest BCUT2D eigenvalue weighted by Gasteiger charge is -2.46. The third-order valence-electron chi connectivity index (χ3n) is 9.40. The van der Waals surface area contributed by atoms with Crippen LogP contribution in [0, 0.1) is 0 Å². The molecule has 0 N–H and O–H groups in total. The minimum Gasteiger partial charge on any atom is -0.491 e. The van der Waals surface area contributed by atoms with E-state index in [0.29, 0.717) is 6.42 Å². The van der Waals surface area contributed by atoms with Gasteiger partial charge in [0.1, 0.15) is 5.75 Å². The molecule has 2 saturated heterocycles. The second-order valence-corrected chi connectivity index (χ2v) is 13.1. The van der Waals surface area contributed by atoms with Crippen LogP contribution in [0.3, 0.4) is 0 Å². The van der Waals surface area contributed by atoms with Gasteiger partial charge in [-0.2, -0.15) is 0 Å². The lowest BCUT2D eigenvalue weighted by molar-refractivity contribution is -0.132. The molecule has 1 saturated carbocycles. The normalized spacial score (nSPS) is 23.4. The molecule has 3 aliphatic rings. The van der Waals surface area contributed by atoms with Crippen molar-refractivity contribution >= 4 is 17.5 Å². The number of hydrogen-bond acceptors (Lipinski definition) is 4. The molecule has 2 aliphatic heterocycles. The first-order valence-electron chi connectivity index (χ1n) is 15.7. The van der Waals surface area contributed by atoms with Crippen LogP contribution in [0.5, 0.6) is 5.75 Å². The number of rotatable bonds is 9. The highest BCUT2D eigenvalue weighted by atomic mass is 35.5. The van der Waals surface area contributed by atoms with E-state index in [1.807, 2.05) is 44.2 Å². The summed E-state index contributed by atoms with van der Waals surface area (Å²) in [5, 5.41) is 0.781. The van der Waals surface area contributed by atoms with Gasteiger partial charge in [0.25, 0.3) is 0 Å². The van der Waals surface area contributed by atoms with Crippen LogP contribution < -0.4 is 4.74 Å². The third kappa shape index (κ3) is 7.60. The van der Waals surface area contributed by atoms with Crippen molar-refractivity contribution in [3.05, 3.63) is 64.7 Å². The first kappa shape index (κ1) is 29.4. The fourth-order valence-corrected chi connectivity index (χ4v) is 7.40. The van der Waals surface area contributed by atoms with E-state index in [4.69, 9.17) is 16.3 Å². The molecule has 1 aliphatic carbocycles. The van der Waals surface area contributed by atoms with E-state index in [1.165, 1.54) is 50.8 Å². The molecule has 2 aromatic carbocycles. The van der Waals surface area contributed by atoms with E-state index in [-0.39, 0.29) is 17.4 Å². The highest BCUT2D eigenvalue weighted by Crippen LogP contribution is 2.39. The number of hydrogen-bond donors (Lipinski definition) is 0. The molecule has 0 spiro atoms. The molecule has 3 fully saturated rings. The Morgan fingerprint density at radius 3 is 2.50 bits per heavy atom. The minimum atomic E-state index is -0.0675.